The molecule has 1 aliphatic rings. The van der Waals surface area contributed by atoms with Gasteiger partial charge in [-0.25, -0.2) is 17.7 Å². The molecule has 3 rings (SSSR count). The number of aromatic nitrogens is 1. The topological polar surface area (TPSA) is 115 Å². The third-order valence-electron chi connectivity index (χ3n) is 5.63. The van der Waals surface area contributed by atoms with E-state index in [0.717, 1.165) is 21.8 Å². The molecule has 1 aromatic carbocycles. The zero-order chi connectivity index (χ0) is 24.0. The fourth-order valence-electron chi connectivity index (χ4n) is 3.66. The number of amidine groups is 1. The molecule has 180 valence electrons. The largest absolute Gasteiger partial charge is 0.507 e. The summed E-state index contributed by atoms with van der Waals surface area (Å²) in [6, 6.07) is 7.02. The highest BCUT2D eigenvalue weighted by atomic mass is 79.9. The highest BCUT2D eigenvalue weighted by Gasteiger charge is 2.29. The number of pyridine rings is 1. The highest BCUT2D eigenvalue weighted by Crippen LogP contribution is 2.35. The number of benzene rings is 1. The van der Waals surface area contributed by atoms with Crippen LogP contribution in [-0.2, 0) is 28.5 Å². The van der Waals surface area contributed by atoms with Crippen molar-refractivity contribution in [3.63, 3.8) is 0 Å². The lowest BCUT2D eigenvalue weighted by atomic mass is 9.83. The molecule has 0 atom stereocenters. The van der Waals surface area contributed by atoms with Gasteiger partial charge < -0.3 is 10.0 Å². The van der Waals surface area contributed by atoms with E-state index in [0.29, 0.717) is 28.9 Å². The van der Waals surface area contributed by atoms with E-state index in [4.69, 9.17) is 5.41 Å². The number of hydrogen-bond donors (Lipinski definition) is 2. The number of ketones is 1. The molecule has 0 radical (unpaired) electrons. The second-order valence-corrected chi connectivity index (χ2v) is 11.5. The highest BCUT2D eigenvalue weighted by molar-refractivity contribution is 8.93. The number of rotatable bonds is 6. The van der Waals surface area contributed by atoms with Gasteiger partial charge >= 0.3 is 0 Å². The fourth-order valence-corrected chi connectivity index (χ4v) is 4.03. The number of phenolic OH excluding ortho intramolecular Hbond substituents is 1. The molecule has 0 bridgehead atoms. The van der Waals surface area contributed by atoms with E-state index in [1.165, 1.54) is 7.05 Å². The van der Waals surface area contributed by atoms with Gasteiger partial charge in [-0.05, 0) is 30.5 Å². The minimum Gasteiger partial charge on any atom is -0.507 e. The van der Waals surface area contributed by atoms with Gasteiger partial charge in [0, 0.05) is 48.1 Å². The van der Waals surface area contributed by atoms with E-state index in [-0.39, 0.29) is 47.4 Å². The summed E-state index contributed by atoms with van der Waals surface area (Å²) in [6.45, 7) is 7.98. The smallest absolute Gasteiger partial charge is 0.211 e. The number of hydrogen-bond acceptors (Lipinski definition) is 6. The number of aromatic hydroxyl groups is 1. The number of fused-ring (bicyclic) bond motifs is 1. The monoisotopic (exact) mass is 538 g/mol. The number of nitrogens with one attached hydrogen (secondary N) is 1. The summed E-state index contributed by atoms with van der Waals surface area (Å²) in [5.74, 6) is -0.0116. The third-order valence-corrected chi connectivity index (χ3v) is 6.89. The van der Waals surface area contributed by atoms with Crippen molar-refractivity contribution in [2.45, 2.75) is 46.2 Å². The van der Waals surface area contributed by atoms with Crippen LogP contribution in [0.2, 0.25) is 0 Å². The van der Waals surface area contributed by atoms with E-state index < -0.39 is 15.4 Å². The minimum absolute atomic E-state index is 0. The Balaban J connectivity index is 0.00000385. The van der Waals surface area contributed by atoms with Crippen molar-refractivity contribution < 1.29 is 18.3 Å². The van der Waals surface area contributed by atoms with Crippen LogP contribution in [0.25, 0.3) is 0 Å². The molecule has 2 heterocycles. The molecule has 0 amide bonds. The molecule has 0 saturated heterocycles. The predicted molar refractivity (Wildman–Crippen MR) is 134 cm³/mol. The molecule has 2 N–H and O–H groups in total. The Morgan fingerprint density at radius 3 is 2.48 bits per heavy atom. The number of carbonyl (C=O) groups excluding carboxylic acids is 1. The lowest BCUT2D eigenvalue weighted by Crippen LogP contribution is -2.31. The van der Waals surface area contributed by atoms with Crippen molar-refractivity contribution in [2.24, 2.45) is 0 Å². The van der Waals surface area contributed by atoms with Gasteiger partial charge in [-0.3, -0.25) is 10.2 Å². The van der Waals surface area contributed by atoms with Crippen LogP contribution in [0.3, 0.4) is 0 Å². The molecule has 33 heavy (non-hydrogen) atoms. The molecule has 0 aliphatic carbocycles. The molecule has 2 aromatic rings. The van der Waals surface area contributed by atoms with Gasteiger partial charge in [-0.2, -0.15) is 0 Å². The summed E-state index contributed by atoms with van der Waals surface area (Å²) < 4.78 is 24.9. The Bertz CT molecular complexity index is 1210. The van der Waals surface area contributed by atoms with E-state index in [9.17, 15) is 18.3 Å². The van der Waals surface area contributed by atoms with E-state index >= 15 is 0 Å². The quantitative estimate of drug-likeness (QED) is 0.544. The number of phenols is 1. The van der Waals surface area contributed by atoms with Gasteiger partial charge in [0.25, 0.3) is 0 Å². The standard InChI is InChI=1S/C23H30N4O4S.BrH/c1-14-7-8-15-12-27(22(24)20(15)25-14)13-19(28)16-9-17(11-26(5)32(6,30)31)21(29)18(10-16)23(2,3)4;/h7-10,24,29H,11-13H2,1-6H3;1H. The van der Waals surface area contributed by atoms with Gasteiger partial charge in [0.1, 0.15) is 17.3 Å². The van der Waals surface area contributed by atoms with Gasteiger partial charge in [-0.1, -0.05) is 26.8 Å². The average Bonchev–Trinajstić information content (AvgIpc) is 2.96. The number of Topliss-reactive ketones (excluding diaryl/α,β-unsaturated/α-hetero) is 1. The lowest BCUT2D eigenvalue weighted by molar-refractivity contribution is 0.0962. The SMILES string of the molecule is Br.Cc1ccc2c(n1)C(=N)N(CC(=O)c1cc(CN(C)S(C)(=O)=O)c(O)c(C(C)(C)C)c1)C2. The molecule has 10 heteroatoms. The van der Waals surface area contributed by atoms with E-state index in [2.05, 4.69) is 4.98 Å². The van der Waals surface area contributed by atoms with Gasteiger partial charge in [0.15, 0.2) is 5.78 Å². The Morgan fingerprint density at radius 2 is 1.91 bits per heavy atom. The molecule has 0 spiro atoms. The zero-order valence-electron chi connectivity index (χ0n) is 19.8. The third kappa shape index (κ3) is 5.80. The number of carbonyl (C=O) groups is 1. The predicted octanol–water partition coefficient (Wildman–Crippen LogP) is 3.39. The second-order valence-electron chi connectivity index (χ2n) is 9.39. The fraction of sp³-hybridized carbons (Fsp3) is 0.435. The van der Waals surface area contributed by atoms with Crippen LogP contribution in [0.15, 0.2) is 24.3 Å². The van der Waals surface area contributed by atoms with Crippen LogP contribution < -0.4 is 0 Å². The van der Waals surface area contributed by atoms with Crippen LogP contribution in [0.4, 0.5) is 0 Å². The van der Waals surface area contributed by atoms with Crippen LogP contribution >= 0.6 is 17.0 Å². The Labute approximate surface area is 206 Å². The van der Waals surface area contributed by atoms with Gasteiger partial charge in [0.05, 0.1) is 12.8 Å². The molecule has 0 unspecified atom stereocenters. The number of aryl methyl sites for hydroxylation is 1. The molecule has 0 fully saturated rings. The van der Waals surface area contributed by atoms with Crippen molar-refractivity contribution in [1.82, 2.24) is 14.2 Å². The Hall–Kier alpha value is -2.30. The lowest BCUT2D eigenvalue weighted by Gasteiger charge is -2.25. The summed E-state index contributed by atoms with van der Waals surface area (Å²) in [5.41, 5.74) is 3.16. The summed E-state index contributed by atoms with van der Waals surface area (Å²) in [5, 5.41) is 19.2. The maximum atomic E-state index is 13.2. The molecule has 1 aromatic heterocycles. The Morgan fingerprint density at radius 1 is 1.27 bits per heavy atom. The second kappa shape index (κ2) is 9.52. The van der Waals surface area contributed by atoms with Crippen molar-refractivity contribution in [3.8, 4) is 5.75 Å². The number of nitrogens with zero attached hydrogens (tertiary/aromatic N) is 3. The number of sulfonamides is 1. The summed E-state index contributed by atoms with van der Waals surface area (Å²) >= 11 is 0. The average molecular weight is 539 g/mol. The van der Waals surface area contributed by atoms with Crippen LogP contribution in [-0.4, -0.2) is 59.2 Å². The molecule has 0 saturated carbocycles. The van der Waals surface area contributed by atoms with Crippen LogP contribution in [0.5, 0.6) is 5.75 Å². The molecule has 1 aliphatic heterocycles. The van der Waals surface area contributed by atoms with Crippen molar-refractivity contribution in [1.29, 1.82) is 5.41 Å². The first-order chi connectivity index (χ1) is 14.7. The van der Waals surface area contributed by atoms with Crippen molar-refractivity contribution in [2.75, 3.05) is 19.8 Å². The van der Waals surface area contributed by atoms with Gasteiger partial charge in [0.2, 0.25) is 10.0 Å². The minimum atomic E-state index is -3.47. The van der Waals surface area contributed by atoms with Gasteiger partial charge in [-0.15, -0.1) is 17.0 Å². The molecular formula is C23H31BrN4O4S. The van der Waals surface area contributed by atoms with Crippen LogP contribution in [0.1, 0.15) is 59.2 Å². The molecule has 8 nitrogen and oxygen atoms in total. The van der Waals surface area contributed by atoms with Crippen molar-refractivity contribution >= 4 is 38.6 Å². The Kier molecular flexibility index (Phi) is 7.77. The van der Waals surface area contributed by atoms with E-state index in [1.807, 2.05) is 39.8 Å². The number of halogens is 1. The van der Waals surface area contributed by atoms with Crippen LogP contribution in [0, 0.1) is 12.3 Å². The maximum Gasteiger partial charge on any atom is 0.211 e. The zero-order valence-corrected chi connectivity index (χ0v) is 22.3. The normalized spacial score (nSPS) is 13.8. The summed E-state index contributed by atoms with van der Waals surface area (Å²) in [7, 11) is -2.04. The summed E-state index contributed by atoms with van der Waals surface area (Å²) in [4.78, 5) is 19.3. The van der Waals surface area contributed by atoms with Crippen molar-refractivity contribution in [3.05, 3.63) is 57.9 Å². The first kappa shape index (κ1) is 26.9. The first-order valence-corrected chi connectivity index (χ1v) is 12.1. The maximum absolute atomic E-state index is 13.2. The molecular weight excluding hydrogens is 508 g/mol. The van der Waals surface area contributed by atoms with E-state index in [1.54, 1.807) is 17.0 Å². The first-order valence-electron chi connectivity index (χ1n) is 10.3. The summed E-state index contributed by atoms with van der Waals surface area (Å²) in [6.07, 6.45) is 1.09.